The minimum atomic E-state index is -0.0678. The monoisotopic (exact) mass is 336 g/mol. The molecule has 5 nitrogen and oxygen atoms in total. The molecule has 1 aliphatic rings. The van der Waals surface area contributed by atoms with E-state index < -0.39 is 0 Å². The van der Waals surface area contributed by atoms with Crippen LogP contribution >= 0.6 is 0 Å². The number of aliphatic hydroxyl groups is 1. The fourth-order valence-electron chi connectivity index (χ4n) is 3.97. The summed E-state index contributed by atoms with van der Waals surface area (Å²) in [6.07, 6.45) is 7.65. The molecule has 1 fully saturated rings. The third-order valence-electron chi connectivity index (χ3n) is 5.42. The van der Waals surface area contributed by atoms with Crippen LogP contribution in [-0.2, 0) is 6.42 Å². The Bertz CT molecular complexity index is 832. The van der Waals surface area contributed by atoms with Gasteiger partial charge in [-0.1, -0.05) is 30.3 Å². The lowest BCUT2D eigenvalue weighted by molar-refractivity contribution is 0.0964. The van der Waals surface area contributed by atoms with E-state index in [1.54, 1.807) is 6.33 Å². The predicted octanol–water partition coefficient (Wildman–Crippen LogP) is 3.17. The number of fused-ring (bicyclic) bond motifs is 1. The van der Waals surface area contributed by atoms with E-state index in [-0.39, 0.29) is 12.0 Å². The van der Waals surface area contributed by atoms with Gasteiger partial charge in [-0.3, -0.25) is 0 Å². The van der Waals surface area contributed by atoms with Crippen LogP contribution in [0.2, 0.25) is 0 Å². The van der Waals surface area contributed by atoms with Crippen LogP contribution in [0.25, 0.3) is 11.0 Å². The number of hydrogen-bond donors (Lipinski definition) is 2. The summed E-state index contributed by atoms with van der Waals surface area (Å²) in [7, 11) is 0. The summed E-state index contributed by atoms with van der Waals surface area (Å²) in [5.41, 5.74) is 2.14. The van der Waals surface area contributed by atoms with E-state index in [0.29, 0.717) is 0 Å². The second-order valence-electron chi connectivity index (χ2n) is 7.11. The molecule has 2 N–H and O–H groups in total. The Kier molecular flexibility index (Phi) is 4.40. The number of aryl methyl sites for hydroxylation is 1. The minimum absolute atomic E-state index is 0.0678. The molecule has 0 spiro atoms. The van der Waals surface area contributed by atoms with Gasteiger partial charge < -0.3 is 15.0 Å². The molecule has 1 saturated heterocycles. The topological polar surface area (TPSA) is 65.0 Å². The van der Waals surface area contributed by atoms with Crippen molar-refractivity contribution in [1.29, 1.82) is 0 Å². The number of anilines is 1. The SMILES string of the molecule is OCC1(CCc2ccccc2)CCCN(c2ncnc3[nH]ccc23)C1. The van der Waals surface area contributed by atoms with Gasteiger partial charge in [-0.15, -0.1) is 0 Å². The van der Waals surface area contributed by atoms with Crippen LogP contribution in [0.1, 0.15) is 24.8 Å². The first-order valence-corrected chi connectivity index (χ1v) is 8.98. The minimum Gasteiger partial charge on any atom is -0.396 e. The molecule has 1 atom stereocenters. The summed E-state index contributed by atoms with van der Waals surface area (Å²) in [5.74, 6) is 0.975. The highest BCUT2D eigenvalue weighted by Crippen LogP contribution is 2.37. The van der Waals surface area contributed by atoms with Gasteiger partial charge >= 0.3 is 0 Å². The number of aliphatic hydroxyl groups excluding tert-OH is 1. The normalized spacial score (nSPS) is 20.9. The fourth-order valence-corrected chi connectivity index (χ4v) is 3.97. The maximum atomic E-state index is 10.2. The Hall–Kier alpha value is -2.40. The number of hydrogen-bond acceptors (Lipinski definition) is 4. The molecule has 2 aromatic heterocycles. The van der Waals surface area contributed by atoms with Gasteiger partial charge in [-0.2, -0.15) is 0 Å². The quantitative estimate of drug-likeness (QED) is 0.751. The number of aromatic nitrogens is 3. The summed E-state index contributed by atoms with van der Waals surface area (Å²) >= 11 is 0. The van der Waals surface area contributed by atoms with E-state index in [1.165, 1.54) is 5.56 Å². The lowest BCUT2D eigenvalue weighted by Gasteiger charge is -2.42. The Morgan fingerprint density at radius 3 is 2.88 bits per heavy atom. The standard InChI is InChI=1S/C20H24N4O/c25-14-20(10-7-16-5-2-1-3-6-16)9-4-12-24(13-20)19-17-8-11-21-18(17)22-15-23-19/h1-3,5-6,8,11,15,25H,4,7,9-10,12-14H2,(H,21,22,23). The molecular weight excluding hydrogens is 312 g/mol. The molecule has 0 bridgehead atoms. The van der Waals surface area contributed by atoms with Gasteiger partial charge in [0.1, 0.15) is 17.8 Å². The van der Waals surface area contributed by atoms with Gasteiger partial charge in [-0.25, -0.2) is 9.97 Å². The van der Waals surface area contributed by atoms with Crippen LogP contribution in [0.3, 0.4) is 0 Å². The second kappa shape index (κ2) is 6.84. The first kappa shape index (κ1) is 16.1. The van der Waals surface area contributed by atoms with E-state index >= 15 is 0 Å². The molecule has 1 unspecified atom stereocenters. The predicted molar refractivity (Wildman–Crippen MR) is 99.6 cm³/mol. The molecule has 25 heavy (non-hydrogen) atoms. The Balaban J connectivity index is 1.55. The highest BCUT2D eigenvalue weighted by molar-refractivity contribution is 5.87. The van der Waals surface area contributed by atoms with Crippen LogP contribution in [0.5, 0.6) is 0 Å². The molecule has 0 aliphatic carbocycles. The van der Waals surface area contributed by atoms with E-state index in [0.717, 1.165) is 55.6 Å². The Labute approximate surface area is 147 Å². The van der Waals surface area contributed by atoms with Crippen molar-refractivity contribution < 1.29 is 5.11 Å². The zero-order valence-corrected chi connectivity index (χ0v) is 14.4. The van der Waals surface area contributed by atoms with Crippen molar-refractivity contribution in [3.8, 4) is 0 Å². The maximum Gasteiger partial charge on any atom is 0.142 e. The van der Waals surface area contributed by atoms with Crippen molar-refractivity contribution in [2.75, 3.05) is 24.6 Å². The van der Waals surface area contributed by atoms with Crippen LogP contribution in [0, 0.1) is 5.41 Å². The van der Waals surface area contributed by atoms with Gasteiger partial charge in [0.2, 0.25) is 0 Å². The second-order valence-corrected chi connectivity index (χ2v) is 7.11. The molecule has 0 amide bonds. The molecule has 0 saturated carbocycles. The van der Waals surface area contributed by atoms with Crippen molar-refractivity contribution in [2.45, 2.75) is 25.7 Å². The zero-order chi connectivity index (χ0) is 17.1. The first-order valence-electron chi connectivity index (χ1n) is 8.98. The third kappa shape index (κ3) is 3.24. The number of H-pyrrole nitrogens is 1. The lowest BCUT2D eigenvalue weighted by atomic mass is 9.76. The van der Waals surface area contributed by atoms with E-state index in [4.69, 9.17) is 0 Å². The number of piperidine rings is 1. The van der Waals surface area contributed by atoms with Gasteiger partial charge in [-0.05, 0) is 37.3 Å². The number of aromatic amines is 1. The van der Waals surface area contributed by atoms with Gasteiger partial charge in [0.25, 0.3) is 0 Å². The molecule has 3 aromatic rings. The summed E-state index contributed by atoms with van der Waals surface area (Å²) in [6.45, 7) is 2.04. The van der Waals surface area contributed by atoms with Crippen molar-refractivity contribution in [2.24, 2.45) is 5.41 Å². The Morgan fingerprint density at radius 2 is 2.04 bits per heavy atom. The smallest absolute Gasteiger partial charge is 0.142 e. The highest BCUT2D eigenvalue weighted by Gasteiger charge is 2.35. The van der Waals surface area contributed by atoms with Crippen LogP contribution in [0.4, 0.5) is 5.82 Å². The van der Waals surface area contributed by atoms with Gasteiger partial charge in [0.15, 0.2) is 0 Å². The molecular formula is C20H24N4O. The first-order chi connectivity index (χ1) is 12.3. The molecule has 3 heterocycles. The van der Waals surface area contributed by atoms with E-state index in [2.05, 4.69) is 44.1 Å². The summed E-state index contributed by atoms with van der Waals surface area (Å²) in [6, 6.07) is 12.6. The van der Waals surface area contributed by atoms with Crippen LogP contribution < -0.4 is 4.90 Å². The number of nitrogens with one attached hydrogen (secondary N) is 1. The van der Waals surface area contributed by atoms with Crippen molar-refractivity contribution in [3.05, 3.63) is 54.5 Å². The van der Waals surface area contributed by atoms with Crippen molar-refractivity contribution in [1.82, 2.24) is 15.0 Å². The molecule has 5 heteroatoms. The van der Waals surface area contributed by atoms with Crippen LogP contribution in [0.15, 0.2) is 48.9 Å². The number of nitrogens with zero attached hydrogens (tertiary/aromatic N) is 3. The Morgan fingerprint density at radius 1 is 1.16 bits per heavy atom. The summed E-state index contributed by atoms with van der Waals surface area (Å²) in [4.78, 5) is 14.3. The van der Waals surface area contributed by atoms with Gasteiger partial charge in [0.05, 0.1) is 12.0 Å². The fraction of sp³-hybridized carbons (Fsp3) is 0.400. The molecule has 0 radical (unpaired) electrons. The van der Waals surface area contributed by atoms with Crippen molar-refractivity contribution in [3.63, 3.8) is 0 Å². The molecule has 1 aliphatic heterocycles. The molecule has 130 valence electrons. The lowest BCUT2D eigenvalue weighted by Crippen LogP contribution is -2.46. The molecule has 4 rings (SSSR count). The number of rotatable bonds is 5. The van der Waals surface area contributed by atoms with Crippen LogP contribution in [-0.4, -0.2) is 39.8 Å². The maximum absolute atomic E-state index is 10.2. The van der Waals surface area contributed by atoms with Crippen molar-refractivity contribution >= 4 is 16.9 Å². The van der Waals surface area contributed by atoms with E-state index in [9.17, 15) is 5.11 Å². The third-order valence-corrected chi connectivity index (χ3v) is 5.42. The molecule has 1 aromatic carbocycles. The summed E-state index contributed by atoms with van der Waals surface area (Å²) in [5, 5.41) is 11.2. The van der Waals surface area contributed by atoms with E-state index in [1.807, 2.05) is 18.3 Å². The van der Waals surface area contributed by atoms with Gasteiger partial charge in [0, 0.05) is 24.7 Å². The average molecular weight is 336 g/mol. The largest absolute Gasteiger partial charge is 0.396 e. The summed E-state index contributed by atoms with van der Waals surface area (Å²) < 4.78 is 0. The average Bonchev–Trinajstić information content (AvgIpc) is 3.16. The number of benzene rings is 1. The highest BCUT2D eigenvalue weighted by atomic mass is 16.3. The zero-order valence-electron chi connectivity index (χ0n) is 14.4.